The lowest BCUT2D eigenvalue weighted by Crippen LogP contribution is -2.20. The van der Waals surface area contributed by atoms with Crippen molar-refractivity contribution >= 4 is 49.3 Å². The first kappa shape index (κ1) is 28.5. The zero-order valence-electron chi connectivity index (χ0n) is 27.4. The minimum Gasteiger partial charge on any atom is -0.313 e. The van der Waals surface area contributed by atoms with Crippen LogP contribution >= 0.6 is 0 Å². The van der Waals surface area contributed by atoms with Crippen LogP contribution in [0.5, 0.6) is 0 Å². The fourth-order valence-corrected chi connectivity index (χ4v) is 7.47. The van der Waals surface area contributed by atoms with Crippen LogP contribution in [-0.2, 0) is 0 Å². The van der Waals surface area contributed by atoms with Crippen LogP contribution in [0.4, 0.5) is 11.4 Å². The van der Waals surface area contributed by atoms with Gasteiger partial charge in [0.25, 0.3) is 0 Å². The maximum atomic E-state index is 4.86. The van der Waals surface area contributed by atoms with Crippen LogP contribution in [0.3, 0.4) is 0 Å². The van der Waals surface area contributed by atoms with Gasteiger partial charge < -0.3 is 4.90 Å². The lowest BCUT2D eigenvalue weighted by Gasteiger charge is -2.30. The van der Waals surface area contributed by atoms with Gasteiger partial charge in [-0.15, -0.1) is 0 Å². The van der Waals surface area contributed by atoms with Crippen molar-refractivity contribution in [3.63, 3.8) is 0 Å². The van der Waals surface area contributed by atoms with E-state index in [1.807, 2.05) is 6.20 Å². The number of aromatic nitrogens is 1. The van der Waals surface area contributed by atoms with Crippen LogP contribution in [0.2, 0.25) is 0 Å². The van der Waals surface area contributed by atoms with E-state index < -0.39 is 0 Å². The molecule has 8 aromatic rings. The minimum absolute atomic E-state index is 0.239. The van der Waals surface area contributed by atoms with Crippen molar-refractivity contribution in [1.82, 2.24) is 4.98 Å². The molecule has 0 saturated heterocycles. The van der Waals surface area contributed by atoms with Gasteiger partial charge >= 0.3 is 0 Å². The van der Waals surface area contributed by atoms with E-state index >= 15 is 0 Å². The molecular formula is C48H32N2. The summed E-state index contributed by atoms with van der Waals surface area (Å²) in [7, 11) is 0. The molecule has 7 aromatic carbocycles. The van der Waals surface area contributed by atoms with Gasteiger partial charge in [-0.25, -0.2) is 0 Å². The summed E-state index contributed by atoms with van der Waals surface area (Å²) in [4.78, 5) is 7.28. The van der Waals surface area contributed by atoms with Crippen LogP contribution in [0.1, 0.15) is 5.69 Å². The Morgan fingerprint density at radius 1 is 0.420 bits per heavy atom. The largest absolute Gasteiger partial charge is 0.313 e. The molecule has 234 valence electrons. The van der Waals surface area contributed by atoms with Gasteiger partial charge in [-0.3, -0.25) is 4.98 Å². The van der Waals surface area contributed by atoms with Crippen LogP contribution in [0.25, 0.3) is 60.1 Å². The van der Waals surface area contributed by atoms with E-state index in [9.17, 15) is 0 Å². The number of hydrogen-bond acceptors (Lipinski definition) is 2. The average molecular weight is 637 g/mol. The molecule has 0 spiro atoms. The van der Waals surface area contributed by atoms with Gasteiger partial charge in [0.05, 0.1) is 5.69 Å². The first-order valence-electron chi connectivity index (χ1n) is 17.2. The molecule has 1 atom stereocenters. The highest BCUT2D eigenvalue weighted by molar-refractivity contribution is 5.93. The topological polar surface area (TPSA) is 16.1 Å². The van der Waals surface area contributed by atoms with Gasteiger partial charge in [-0.2, -0.15) is 0 Å². The molecule has 0 aliphatic heterocycles. The third kappa shape index (κ3) is 5.01. The number of rotatable bonds is 6. The SMILES string of the molecule is C1=C(c2cc3ccccc3cn2)C2=CC2C(N(c2ccc(-c3ccc4ccccc4c3)cc2)c2ccc(-c3ccc4ccccc4c3)cc2)=C1. The number of hydrogen-bond donors (Lipinski definition) is 0. The molecule has 50 heavy (non-hydrogen) atoms. The third-order valence-corrected chi connectivity index (χ3v) is 10.2. The van der Waals surface area contributed by atoms with E-state index in [1.54, 1.807) is 0 Å². The average Bonchev–Trinajstić information content (AvgIpc) is 4.00. The van der Waals surface area contributed by atoms with Gasteiger partial charge in [0, 0.05) is 40.1 Å². The van der Waals surface area contributed by atoms with Crippen LogP contribution in [-0.4, -0.2) is 4.98 Å². The van der Waals surface area contributed by atoms with Crippen molar-refractivity contribution in [2.75, 3.05) is 4.90 Å². The molecule has 1 unspecified atom stereocenters. The number of anilines is 2. The molecule has 0 fully saturated rings. The normalized spacial score (nSPS) is 15.0. The number of benzene rings is 7. The lowest BCUT2D eigenvalue weighted by molar-refractivity contribution is 0.981. The Bertz CT molecular complexity index is 2570. The number of allylic oxidation sites excluding steroid dienone is 4. The summed E-state index contributed by atoms with van der Waals surface area (Å²) in [6.07, 6.45) is 8.91. The summed E-state index contributed by atoms with van der Waals surface area (Å²) in [5.74, 6) is 0.239. The van der Waals surface area contributed by atoms with Crippen molar-refractivity contribution in [2.45, 2.75) is 0 Å². The zero-order valence-corrected chi connectivity index (χ0v) is 27.4. The summed E-state index contributed by atoms with van der Waals surface area (Å²) >= 11 is 0. The van der Waals surface area contributed by atoms with Crippen molar-refractivity contribution < 1.29 is 0 Å². The summed E-state index contributed by atoms with van der Waals surface area (Å²) in [5, 5.41) is 7.40. The minimum atomic E-state index is 0.239. The Kier molecular flexibility index (Phi) is 6.60. The molecule has 0 radical (unpaired) electrons. The first-order valence-corrected chi connectivity index (χ1v) is 17.2. The third-order valence-electron chi connectivity index (χ3n) is 10.2. The standard InChI is InChI=1S/C48H32N2/c1-3-9-36-27-39(15-13-32(36)7-1)34-17-21-42(22-18-34)50(43-23-19-35(20-24-43)40-16-14-33-8-2-4-10-37(33)28-40)48-26-25-44(45-30-46(45)48)47-29-38-11-5-6-12-41(38)31-49-47/h1-31,46H. The van der Waals surface area contributed by atoms with E-state index in [1.165, 1.54) is 66.0 Å². The van der Waals surface area contributed by atoms with Crippen LogP contribution in [0.15, 0.2) is 199 Å². The van der Waals surface area contributed by atoms with E-state index in [2.05, 4.69) is 187 Å². The quantitative estimate of drug-likeness (QED) is 0.181. The lowest BCUT2D eigenvalue weighted by atomic mass is 9.96. The summed E-state index contributed by atoms with van der Waals surface area (Å²) < 4.78 is 0. The molecule has 2 nitrogen and oxygen atoms in total. The fourth-order valence-electron chi connectivity index (χ4n) is 7.47. The zero-order chi connectivity index (χ0) is 33.0. The Morgan fingerprint density at radius 3 is 1.46 bits per heavy atom. The molecule has 10 rings (SSSR count). The van der Waals surface area contributed by atoms with Gasteiger partial charge in [0.1, 0.15) is 0 Å². The predicted octanol–water partition coefficient (Wildman–Crippen LogP) is 12.6. The molecule has 0 amide bonds. The van der Waals surface area contributed by atoms with E-state index in [0.717, 1.165) is 22.5 Å². The number of fused-ring (bicyclic) bond motifs is 4. The van der Waals surface area contributed by atoms with E-state index in [0.29, 0.717) is 0 Å². The van der Waals surface area contributed by atoms with Crippen molar-refractivity contribution in [3.8, 4) is 22.3 Å². The molecule has 1 aromatic heterocycles. The predicted molar refractivity (Wildman–Crippen MR) is 210 cm³/mol. The van der Waals surface area contributed by atoms with Gasteiger partial charge in [0.15, 0.2) is 0 Å². The Labute approximate surface area is 291 Å². The maximum Gasteiger partial charge on any atom is 0.0711 e. The van der Waals surface area contributed by atoms with Crippen molar-refractivity contribution in [2.24, 2.45) is 5.92 Å². The van der Waals surface area contributed by atoms with Crippen LogP contribution in [0, 0.1) is 5.92 Å². The first-order chi connectivity index (χ1) is 24.7. The fraction of sp³-hybridized carbons (Fsp3) is 0.0208. The Morgan fingerprint density at radius 2 is 0.900 bits per heavy atom. The Balaban J connectivity index is 1.04. The van der Waals surface area contributed by atoms with E-state index in [4.69, 9.17) is 4.98 Å². The highest BCUT2D eigenvalue weighted by Crippen LogP contribution is 2.51. The molecule has 2 aliphatic rings. The number of pyridine rings is 1. The molecule has 0 N–H and O–H groups in total. The second kappa shape index (κ2) is 11.6. The van der Waals surface area contributed by atoms with Gasteiger partial charge in [-0.1, -0.05) is 133 Å². The Hall–Kier alpha value is -6.51. The summed E-state index contributed by atoms with van der Waals surface area (Å²) in [6, 6.07) is 59.2. The summed E-state index contributed by atoms with van der Waals surface area (Å²) in [5.41, 5.74) is 12.0. The van der Waals surface area contributed by atoms with Crippen molar-refractivity contribution in [3.05, 3.63) is 205 Å². The number of nitrogens with zero attached hydrogens (tertiary/aromatic N) is 2. The van der Waals surface area contributed by atoms with E-state index in [-0.39, 0.29) is 5.92 Å². The monoisotopic (exact) mass is 636 g/mol. The molecule has 0 saturated carbocycles. The summed E-state index contributed by atoms with van der Waals surface area (Å²) in [6.45, 7) is 0. The molecule has 2 heteroatoms. The highest BCUT2D eigenvalue weighted by atomic mass is 15.2. The second-order valence-corrected chi connectivity index (χ2v) is 13.2. The van der Waals surface area contributed by atoms with Crippen LogP contribution < -0.4 is 4.90 Å². The second-order valence-electron chi connectivity index (χ2n) is 13.2. The highest BCUT2D eigenvalue weighted by Gasteiger charge is 2.38. The molecule has 0 bridgehead atoms. The van der Waals surface area contributed by atoms with Crippen molar-refractivity contribution in [1.29, 1.82) is 0 Å². The molecule has 2 aliphatic carbocycles. The molecular weight excluding hydrogens is 605 g/mol. The maximum absolute atomic E-state index is 4.86. The smallest absolute Gasteiger partial charge is 0.0711 e. The van der Waals surface area contributed by atoms with Gasteiger partial charge in [0.2, 0.25) is 0 Å². The van der Waals surface area contributed by atoms with Gasteiger partial charge in [-0.05, 0) is 103 Å². The molecule has 1 heterocycles.